The molecule has 0 atom stereocenters. The molecule has 0 unspecified atom stereocenters. The van der Waals surface area contributed by atoms with Gasteiger partial charge in [-0.2, -0.15) is 10.4 Å². The monoisotopic (exact) mass is 232 g/mol. The third kappa shape index (κ3) is 1.62. The maximum Gasteiger partial charge on any atom is 0.145 e. The summed E-state index contributed by atoms with van der Waals surface area (Å²) in [4.78, 5) is 0. The molecule has 0 radical (unpaired) electrons. The van der Waals surface area contributed by atoms with Crippen LogP contribution in [0.5, 0.6) is 0 Å². The van der Waals surface area contributed by atoms with Crippen LogP contribution in [0, 0.1) is 18.3 Å². The van der Waals surface area contributed by atoms with Crippen LogP contribution in [0.3, 0.4) is 0 Å². The number of anilines is 1. The van der Waals surface area contributed by atoms with Crippen LogP contribution in [0.25, 0.3) is 5.69 Å². The molecule has 0 saturated carbocycles. The number of nitriles is 1. The number of benzene rings is 1. The third-order valence-electron chi connectivity index (χ3n) is 2.33. The Morgan fingerprint density at radius 3 is 2.81 bits per heavy atom. The lowest BCUT2D eigenvalue weighted by Gasteiger charge is -2.05. The molecule has 0 amide bonds. The highest BCUT2D eigenvalue weighted by Gasteiger charge is 2.09. The zero-order chi connectivity index (χ0) is 11.7. The van der Waals surface area contributed by atoms with Gasteiger partial charge in [-0.3, -0.25) is 0 Å². The molecule has 2 rings (SSSR count). The van der Waals surface area contributed by atoms with Crippen LogP contribution in [0.2, 0.25) is 5.02 Å². The first kappa shape index (κ1) is 10.5. The second-order valence-corrected chi connectivity index (χ2v) is 3.81. The predicted octanol–water partition coefficient (Wildman–Crippen LogP) is 2.29. The van der Waals surface area contributed by atoms with Gasteiger partial charge in [-0.15, -0.1) is 0 Å². The van der Waals surface area contributed by atoms with Gasteiger partial charge in [0.1, 0.15) is 17.5 Å². The minimum absolute atomic E-state index is 0.322. The average molecular weight is 233 g/mol. The highest BCUT2D eigenvalue weighted by molar-refractivity contribution is 6.31. The molecule has 0 fully saturated rings. The van der Waals surface area contributed by atoms with Crippen molar-refractivity contribution in [3.8, 4) is 11.8 Å². The standard InChI is InChI=1S/C11H9ClN4/c1-7-2-3-9(4-10(7)12)16-11(14)8(5-13)6-15-16/h2-4,6H,14H2,1H3. The van der Waals surface area contributed by atoms with Gasteiger partial charge in [-0.05, 0) is 24.6 Å². The summed E-state index contributed by atoms with van der Waals surface area (Å²) in [6, 6.07) is 7.47. The first-order valence-corrected chi connectivity index (χ1v) is 5.01. The van der Waals surface area contributed by atoms with Crippen molar-refractivity contribution < 1.29 is 0 Å². The second kappa shape index (κ2) is 3.87. The molecule has 2 aromatic rings. The van der Waals surface area contributed by atoms with Gasteiger partial charge in [-0.1, -0.05) is 17.7 Å². The van der Waals surface area contributed by atoms with Crippen molar-refractivity contribution in [2.45, 2.75) is 6.92 Å². The SMILES string of the molecule is Cc1ccc(-n2ncc(C#N)c2N)cc1Cl. The summed E-state index contributed by atoms with van der Waals surface area (Å²) >= 11 is 6.01. The van der Waals surface area contributed by atoms with Crippen molar-refractivity contribution in [1.29, 1.82) is 5.26 Å². The Morgan fingerprint density at radius 1 is 1.50 bits per heavy atom. The van der Waals surface area contributed by atoms with Crippen molar-refractivity contribution in [3.63, 3.8) is 0 Å². The lowest BCUT2D eigenvalue weighted by atomic mass is 10.2. The minimum Gasteiger partial charge on any atom is -0.382 e. The van der Waals surface area contributed by atoms with Crippen LogP contribution in [-0.2, 0) is 0 Å². The lowest BCUT2D eigenvalue weighted by Crippen LogP contribution is -2.02. The van der Waals surface area contributed by atoms with E-state index < -0.39 is 0 Å². The average Bonchev–Trinajstić information content (AvgIpc) is 2.64. The number of nitrogens with zero attached hydrogens (tertiary/aromatic N) is 3. The molecule has 0 spiro atoms. The molecule has 0 aliphatic rings. The molecule has 16 heavy (non-hydrogen) atoms. The first-order valence-electron chi connectivity index (χ1n) is 4.63. The molecule has 4 nitrogen and oxygen atoms in total. The number of halogens is 1. The quantitative estimate of drug-likeness (QED) is 0.820. The number of nitrogens with two attached hydrogens (primary N) is 1. The Hall–Kier alpha value is -1.99. The predicted molar refractivity (Wildman–Crippen MR) is 62.4 cm³/mol. The molecule has 1 aromatic heterocycles. The maximum atomic E-state index is 8.77. The zero-order valence-electron chi connectivity index (χ0n) is 8.61. The van der Waals surface area contributed by atoms with E-state index in [9.17, 15) is 0 Å². The summed E-state index contributed by atoms with van der Waals surface area (Å²) in [6.07, 6.45) is 1.43. The molecule has 0 aliphatic carbocycles. The largest absolute Gasteiger partial charge is 0.382 e. The van der Waals surface area contributed by atoms with E-state index in [2.05, 4.69) is 5.10 Å². The fourth-order valence-electron chi connectivity index (χ4n) is 1.36. The first-order chi connectivity index (χ1) is 7.63. The van der Waals surface area contributed by atoms with E-state index in [0.717, 1.165) is 11.3 Å². The van der Waals surface area contributed by atoms with E-state index in [1.165, 1.54) is 10.9 Å². The molecule has 0 saturated heterocycles. The van der Waals surface area contributed by atoms with E-state index in [0.29, 0.717) is 16.4 Å². The van der Waals surface area contributed by atoms with E-state index in [1.54, 1.807) is 6.07 Å². The molecule has 1 heterocycles. The Bertz CT molecular complexity index is 580. The smallest absolute Gasteiger partial charge is 0.145 e. The summed E-state index contributed by atoms with van der Waals surface area (Å²) in [5, 5.41) is 13.5. The van der Waals surface area contributed by atoms with Crippen molar-refractivity contribution in [3.05, 3.63) is 40.5 Å². The molecule has 0 aliphatic heterocycles. The third-order valence-corrected chi connectivity index (χ3v) is 2.73. The molecule has 1 aromatic carbocycles. The van der Waals surface area contributed by atoms with E-state index >= 15 is 0 Å². The number of aromatic nitrogens is 2. The van der Waals surface area contributed by atoms with Crippen molar-refractivity contribution in [2.75, 3.05) is 5.73 Å². The van der Waals surface area contributed by atoms with Crippen LogP contribution in [0.1, 0.15) is 11.1 Å². The van der Waals surface area contributed by atoms with Gasteiger partial charge in [0.25, 0.3) is 0 Å². The topological polar surface area (TPSA) is 67.6 Å². The molecule has 2 N–H and O–H groups in total. The van der Waals surface area contributed by atoms with Gasteiger partial charge in [0.15, 0.2) is 0 Å². The highest BCUT2D eigenvalue weighted by Crippen LogP contribution is 2.22. The molecular weight excluding hydrogens is 224 g/mol. The van der Waals surface area contributed by atoms with E-state index in [1.807, 2.05) is 25.1 Å². The Labute approximate surface area is 97.9 Å². The summed E-state index contributed by atoms with van der Waals surface area (Å²) in [5.41, 5.74) is 7.85. The Kier molecular flexibility index (Phi) is 2.55. The number of rotatable bonds is 1. The van der Waals surface area contributed by atoms with Crippen molar-refractivity contribution >= 4 is 17.4 Å². The number of aryl methyl sites for hydroxylation is 1. The molecule has 5 heteroatoms. The van der Waals surface area contributed by atoms with Crippen LogP contribution in [0.15, 0.2) is 24.4 Å². The number of hydrogen-bond acceptors (Lipinski definition) is 3. The van der Waals surface area contributed by atoms with Gasteiger partial charge >= 0.3 is 0 Å². The van der Waals surface area contributed by atoms with Gasteiger partial charge in [0.2, 0.25) is 0 Å². The number of hydrogen-bond donors (Lipinski definition) is 1. The lowest BCUT2D eigenvalue weighted by molar-refractivity contribution is 0.891. The molecule has 0 bridgehead atoms. The van der Waals surface area contributed by atoms with Crippen LogP contribution in [0.4, 0.5) is 5.82 Å². The maximum absolute atomic E-state index is 8.77. The summed E-state index contributed by atoms with van der Waals surface area (Å²) in [5.74, 6) is 0.322. The van der Waals surface area contributed by atoms with Crippen molar-refractivity contribution in [2.24, 2.45) is 0 Å². The summed E-state index contributed by atoms with van der Waals surface area (Å²) < 4.78 is 1.49. The van der Waals surface area contributed by atoms with Gasteiger partial charge < -0.3 is 5.73 Å². The Balaban J connectivity index is 2.55. The normalized spacial score (nSPS) is 10.1. The fourth-order valence-corrected chi connectivity index (χ4v) is 1.54. The van der Waals surface area contributed by atoms with Crippen LogP contribution in [-0.4, -0.2) is 9.78 Å². The fraction of sp³-hybridized carbons (Fsp3) is 0.0909. The summed E-state index contributed by atoms with van der Waals surface area (Å²) in [6.45, 7) is 1.92. The summed E-state index contributed by atoms with van der Waals surface area (Å²) in [7, 11) is 0. The molecular formula is C11H9ClN4. The van der Waals surface area contributed by atoms with E-state index in [4.69, 9.17) is 22.6 Å². The highest BCUT2D eigenvalue weighted by atomic mass is 35.5. The van der Waals surface area contributed by atoms with Crippen LogP contribution < -0.4 is 5.73 Å². The van der Waals surface area contributed by atoms with Gasteiger partial charge in [0.05, 0.1) is 11.9 Å². The van der Waals surface area contributed by atoms with Crippen LogP contribution >= 0.6 is 11.6 Å². The van der Waals surface area contributed by atoms with E-state index in [-0.39, 0.29) is 0 Å². The second-order valence-electron chi connectivity index (χ2n) is 3.40. The van der Waals surface area contributed by atoms with Gasteiger partial charge in [0, 0.05) is 5.02 Å². The minimum atomic E-state index is 0.322. The van der Waals surface area contributed by atoms with Crippen molar-refractivity contribution in [1.82, 2.24) is 9.78 Å². The molecule has 80 valence electrons. The van der Waals surface area contributed by atoms with Gasteiger partial charge in [-0.25, -0.2) is 4.68 Å². The number of nitrogen functional groups attached to an aromatic ring is 1. The zero-order valence-corrected chi connectivity index (χ0v) is 9.36. The Morgan fingerprint density at radius 2 is 2.25 bits per heavy atom.